The Morgan fingerprint density at radius 3 is 2.39 bits per heavy atom. The Hall–Kier alpha value is -3.99. The molecule has 38 heavy (non-hydrogen) atoms. The molecule has 0 aliphatic carbocycles. The molecule has 0 aromatic heterocycles. The normalized spacial score (nSPS) is 28.7. The molecule has 4 fully saturated rings. The van der Waals surface area contributed by atoms with Crippen LogP contribution in [0.25, 0.3) is 0 Å². The Bertz CT molecular complexity index is 1240. The van der Waals surface area contributed by atoms with Gasteiger partial charge in [0.2, 0.25) is 11.8 Å². The average Bonchev–Trinajstić information content (AvgIpc) is 3.44. The van der Waals surface area contributed by atoms with Crippen LogP contribution in [0.2, 0.25) is 0 Å². The second-order valence-corrected chi connectivity index (χ2v) is 9.32. The maximum Gasteiger partial charge on any atom is 0.416 e. The summed E-state index contributed by atoms with van der Waals surface area (Å²) in [6.45, 7) is -0.562. The number of halogens is 4. The number of benzene rings is 1. The topological polar surface area (TPSA) is 185 Å². The molecule has 0 spiro atoms. The summed E-state index contributed by atoms with van der Waals surface area (Å²) in [7, 11) is 0. The fraction of sp³-hybridized carbons (Fsp3) is 0.476. The Morgan fingerprint density at radius 1 is 1.13 bits per heavy atom. The van der Waals surface area contributed by atoms with Gasteiger partial charge >= 0.3 is 6.18 Å². The average molecular weight is 542 g/mol. The molecule has 1 aromatic carbocycles. The fourth-order valence-electron chi connectivity index (χ4n) is 5.59. The van der Waals surface area contributed by atoms with Crippen molar-refractivity contribution in [1.82, 2.24) is 30.7 Å². The lowest BCUT2D eigenvalue weighted by molar-refractivity contribution is -0.175. The maximum atomic E-state index is 13.9. The molecular formula is C21H22F4N8O5. The summed E-state index contributed by atoms with van der Waals surface area (Å²) < 4.78 is 53.2. The van der Waals surface area contributed by atoms with Crippen molar-refractivity contribution < 1.29 is 42.2 Å². The minimum Gasteiger partial charge on any atom is -0.365 e. The number of amides is 3. The lowest BCUT2D eigenvalue weighted by Crippen LogP contribution is -2.78. The Morgan fingerprint density at radius 2 is 1.79 bits per heavy atom. The molecule has 17 heteroatoms. The van der Waals surface area contributed by atoms with Crippen LogP contribution in [0, 0.1) is 16.6 Å². The van der Waals surface area contributed by atoms with Gasteiger partial charge in [0, 0.05) is 18.4 Å². The molecule has 204 valence electrons. The number of likely N-dealkylation sites (tertiary alicyclic amines) is 1. The summed E-state index contributed by atoms with van der Waals surface area (Å²) in [6, 6.07) is -0.764. The fourth-order valence-corrected chi connectivity index (χ4v) is 5.59. The van der Waals surface area contributed by atoms with Gasteiger partial charge in [-0.3, -0.25) is 35.0 Å². The molecule has 5 rings (SSSR count). The van der Waals surface area contributed by atoms with Gasteiger partial charge in [0.25, 0.3) is 5.91 Å². The van der Waals surface area contributed by atoms with Gasteiger partial charge in [0.1, 0.15) is 12.0 Å². The van der Waals surface area contributed by atoms with E-state index in [1.54, 1.807) is 0 Å². The third-order valence-corrected chi connectivity index (χ3v) is 7.17. The van der Waals surface area contributed by atoms with Gasteiger partial charge in [-0.15, -0.1) is 0 Å². The first-order valence-corrected chi connectivity index (χ1v) is 11.4. The standard InChI is InChI=1S/C21H22F4N8O5/c22-10-4-8(3-9(5-10)21(23,24)25)16(36)29-12-7-32-18(26)28-11(6-31-13(34)1-2-14(31)35)15-20(32,17(37)38)33(12)19(27)30-15/h3-5,11-12,15,17,37-38H,1-2,6-7H2,(H2,26,28)(H2,27,30)(H,29,36)/t11?,12-,15?,20?/m1/s1. The number of carbonyl (C=O) groups excluding carboxylic acids is 3. The molecule has 4 heterocycles. The Balaban J connectivity index is 1.46. The van der Waals surface area contributed by atoms with Crippen LogP contribution in [0.5, 0.6) is 0 Å². The van der Waals surface area contributed by atoms with Crippen molar-refractivity contribution in [3.8, 4) is 0 Å². The zero-order chi connectivity index (χ0) is 27.7. The van der Waals surface area contributed by atoms with E-state index in [0.717, 1.165) is 14.7 Å². The molecule has 4 aliphatic heterocycles. The third-order valence-electron chi connectivity index (χ3n) is 7.17. The monoisotopic (exact) mass is 542 g/mol. The first-order valence-electron chi connectivity index (χ1n) is 11.4. The molecule has 3 unspecified atom stereocenters. The van der Waals surface area contributed by atoms with Crippen LogP contribution in [-0.2, 0) is 15.8 Å². The van der Waals surface area contributed by atoms with E-state index in [1.165, 1.54) is 0 Å². The summed E-state index contributed by atoms with van der Waals surface area (Å²) in [6.07, 6.45) is -8.44. The zero-order valence-electron chi connectivity index (χ0n) is 19.3. The van der Waals surface area contributed by atoms with E-state index in [-0.39, 0.29) is 38.0 Å². The van der Waals surface area contributed by atoms with Crippen molar-refractivity contribution in [1.29, 1.82) is 10.8 Å². The van der Waals surface area contributed by atoms with Crippen molar-refractivity contribution in [2.24, 2.45) is 0 Å². The molecule has 0 saturated carbocycles. The van der Waals surface area contributed by atoms with Crippen molar-refractivity contribution in [2.45, 2.75) is 49.2 Å². The van der Waals surface area contributed by atoms with Crippen molar-refractivity contribution in [3.05, 3.63) is 35.1 Å². The molecule has 4 saturated heterocycles. The van der Waals surface area contributed by atoms with Gasteiger partial charge in [-0.05, 0) is 18.2 Å². The number of aliphatic hydroxyl groups excluding tert-OH is 1. The molecule has 4 atom stereocenters. The predicted octanol–water partition coefficient (Wildman–Crippen LogP) is -1.51. The summed E-state index contributed by atoms with van der Waals surface area (Å²) in [4.78, 5) is 40.4. The highest BCUT2D eigenvalue weighted by molar-refractivity contribution is 6.02. The van der Waals surface area contributed by atoms with E-state index in [1.807, 2.05) is 0 Å². The Labute approximate surface area is 211 Å². The van der Waals surface area contributed by atoms with Crippen LogP contribution in [0.1, 0.15) is 28.8 Å². The number of carbonyl (C=O) groups is 3. The molecule has 13 nitrogen and oxygen atoms in total. The van der Waals surface area contributed by atoms with Crippen molar-refractivity contribution in [3.63, 3.8) is 0 Å². The number of rotatable bonds is 5. The van der Waals surface area contributed by atoms with E-state index in [9.17, 15) is 42.2 Å². The van der Waals surface area contributed by atoms with E-state index in [2.05, 4.69) is 16.0 Å². The van der Waals surface area contributed by atoms with E-state index in [0.29, 0.717) is 12.1 Å². The van der Waals surface area contributed by atoms with Crippen molar-refractivity contribution >= 4 is 29.6 Å². The molecule has 4 aliphatic rings. The minimum absolute atomic E-state index is 0.00711. The summed E-state index contributed by atoms with van der Waals surface area (Å²) in [5.74, 6) is -4.12. The van der Waals surface area contributed by atoms with Crippen LogP contribution in [-0.4, -0.2) is 97.8 Å². The number of nitrogens with one attached hydrogen (secondary N) is 5. The number of aliphatic hydroxyl groups is 2. The predicted molar refractivity (Wildman–Crippen MR) is 117 cm³/mol. The quantitative estimate of drug-likeness (QED) is 0.132. The second kappa shape index (κ2) is 8.52. The van der Waals surface area contributed by atoms with Gasteiger partial charge in [0.05, 0.1) is 30.7 Å². The zero-order valence-corrected chi connectivity index (χ0v) is 19.3. The molecule has 3 amide bonds. The van der Waals surface area contributed by atoms with Gasteiger partial charge in [-0.2, -0.15) is 13.2 Å². The van der Waals surface area contributed by atoms with Crippen LogP contribution >= 0.6 is 0 Å². The largest absolute Gasteiger partial charge is 0.416 e. The number of hydrogen-bond donors (Lipinski definition) is 7. The molecule has 0 radical (unpaired) electrons. The summed E-state index contributed by atoms with van der Waals surface area (Å²) in [5.41, 5.74) is -4.01. The minimum atomic E-state index is -4.92. The van der Waals surface area contributed by atoms with Gasteiger partial charge in [0.15, 0.2) is 23.9 Å². The molecular weight excluding hydrogens is 520 g/mol. The summed E-state index contributed by atoms with van der Waals surface area (Å²) >= 11 is 0. The number of hydrogen-bond acceptors (Lipinski definition) is 7. The molecule has 1 aromatic rings. The summed E-state index contributed by atoms with van der Waals surface area (Å²) in [5, 5.41) is 45.9. The second-order valence-electron chi connectivity index (χ2n) is 9.32. The number of nitrogens with zero attached hydrogens (tertiary/aromatic N) is 3. The van der Waals surface area contributed by atoms with Gasteiger partial charge < -0.3 is 31.1 Å². The van der Waals surface area contributed by atoms with Gasteiger partial charge in [-0.1, -0.05) is 0 Å². The van der Waals surface area contributed by atoms with Crippen LogP contribution < -0.4 is 16.0 Å². The van der Waals surface area contributed by atoms with E-state index < -0.39 is 77.0 Å². The SMILES string of the molecule is N=C1NC(CN2C(=O)CCC2=O)C2NC(=N)N3[C@@H](NC(=O)c4cc(F)cc(C(F)(F)F)c4)CN1C23C(O)O. The lowest BCUT2D eigenvalue weighted by atomic mass is 9.89. The van der Waals surface area contributed by atoms with Crippen LogP contribution in [0.3, 0.4) is 0 Å². The smallest absolute Gasteiger partial charge is 0.365 e. The highest BCUT2D eigenvalue weighted by Crippen LogP contribution is 2.43. The Kier molecular flexibility index (Phi) is 5.75. The number of alkyl halides is 3. The van der Waals surface area contributed by atoms with Crippen molar-refractivity contribution in [2.75, 3.05) is 13.1 Å². The van der Waals surface area contributed by atoms with Crippen LogP contribution in [0.15, 0.2) is 18.2 Å². The first kappa shape index (κ1) is 25.7. The van der Waals surface area contributed by atoms with Gasteiger partial charge in [-0.25, -0.2) is 4.39 Å². The lowest BCUT2D eigenvalue weighted by Gasteiger charge is -2.51. The van der Waals surface area contributed by atoms with E-state index >= 15 is 0 Å². The molecule has 7 N–H and O–H groups in total. The van der Waals surface area contributed by atoms with Crippen LogP contribution in [0.4, 0.5) is 17.6 Å². The maximum absolute atomic E-state index is 13.9. The number of guanidine groups is 2. The first-order chi connectivity index (χ1) is 17.7. The van der Waals surface area contributed by atoms with E-state index in [4.69, 9.17) is 10.8 Å². The molecule has 0 bridgehead atoms. The third kappa shape index (κ3) is 3.72. The highest BCUT2D eigenvalue weighted by atomic mass is 19.4. The highest BCUT2D eigenvalue weighted by Gasteiger charge is 2.70. The number of imide groups is 1.